The minimum atomic E-state index is -0.801. The van der Waals surface area contributed by atoms with Crippen LogP contribution in [0.4, 0.5) is 4.39 Å². The molecule has 0 spiro atoms. The predicted octanol–water partition coefficient (Wildman–Crippen LogP) is 5.27. The summed E-state index contributed by atoms with van der Waals surface area (Å²) >= 11 is 0. The normalized spacial score (nSPS) is 13.6. The molecule has 0 saturated heterocycles. The Morgan fingerprint density at radius 2 is 1.90 bits per heavy atom. The summed E-state index contributed by atoms with van der Waals surface area (Å²) in [6.07, 6.45) is 2.52. The van der Waals surface area contributed by atoms with Gasteiger partial charge in [0.1, 0.15) is 40.7 Å². The van der Waals surface area contributed by atoms with Crippen LogP contribution in [0.25, 0.3) is 33.8 Å². The van der Waals surface area contributed by atoms with E-state index < -0.39 is 17.9 Å². The summed E-state index contributed by atoms with van der Waals surface area (Å²) < 4.78 is 41.1. The number of carbonyl (C=O) groups excluding carboxylic acids is 1. The van der Waals surface area contributed by atoms with E-state index in [-0.39, 0.29) is 0 Å². The Hall–Kier alpha value is -4.93. The Bertz CT molecular complexity index is 1750. The Labute approximate surface area is 241 Å². The van der Waals surface area contributed by atoms with Crippen molar-refractivity contribution < 1.29 is 28.1 Å². The minimum Gasteiger partial charge on any atom is -0.497 e. The molecule has 0 aliphatic carbocycles. The molecule has 1 aliphatic rings. The number of methoxy groups -OCH3 is 2. The molecule has 0 bridgehead atoms. The van der Waals surface area contributed by atoms with Crippen molar-refractivity contribution in [1.29, 1.82) is 0 Å². The van der Waals surface area contributed by atoms with Gasteiger partial charge in [-0.1, -0.05) is 18.2 Å². The number of rotatable bonds is 8. The maximum atomic E-state index is 15.6. The van der Waals surface area contributed by atoms with E-state index in [0.717, 1.165) is 29.7 Å². The second kappa shape index (κ2) is 11.5. The first kappa shape index (κ1) is 27.3. The summed E-state index contributed by atoms with van der Waals surface area (Å²) in [5.41, 5.74) is 3.35. The number of esters is 1. The first-order chi connectivity index (χ1) is 20.4. The molecule has 2 aromatic heterocycles. The molecule has 1 atom stereocenters. The van der Waals surface area contributed by atoms with Crippen LogP contribution >= 0.6 is 0 Å². The molecule has 0 amide bonds. The molecule has 0 radical (unpaired) electrons. The first-order valence-electron chi connectivity index (χ1n) is 13.7. The van der Waals surface area contributed by atoms with Gasteiger partial charge in [0.2, 0.25) is 0 Å². The van der Waals surface area contributed by atoms with Crippen LogP contribution in [0.3, 0.4) is 0 Å². The van der Waals surface area contributed by atoms with Gasteiger partial charge in [-0.2, -0.15) is 5.10 Å². The molecule has 216 valence electrons. The lowest BCUT2D eigenvalue weighted by Crippen LogP contribution is -2.24. The lowest BCUT2D eigenvalue weighted by Gasteiger charge is -2.18. The molecule has 10 nitrogen and oxygen atoms in total. The lowest BCUT2D eigenvalue weighted by molar-refractivity contribution is -0.147. The zero-order valence-electron chi connectivity index (χ0n) is 23.5. The van der Waals surface area contributed by atoms with Crippen molar-refractivity contribution >= 4 is 17.0 Å². The SMILES string of the molecule is COC(=O)[C@H](C)Oc1cc2c3c(c1)nc(-c1ccc(-c4ncn(Cc5ccc(OC)cc5)n4)c(F)c1)n3CCCCO2. The summed E-state index contributed by atoms with van der Waals surface area (Å²) in [6.45, 7) is 3.36. The zero-order valence-corrected chi connectivity index (χ0v) is 23.5. The Morgan fingerprint density at radius 3 is 2.67 bits per heavy atom. The van der Waals surface area contributed by atoms with Gasteiger partial charge in [-0.05, 0) is 49.6 Å². The Balaban J connectivity index is 1.31. The molecule has 0 fully saturated rings. The number of hydrogen-bond donors (Lipinski definition) is 0. The smallest absolute Gasteiger partial charge is 0.346 e. The highest BCUT2D eigenvalue weighted by Gasteiger charge is 2.23. The van der Waals surface area contributed by atoms with Gasteiger partial charge in [0.25, 0.3) is 0 Å². The van der Waals surface area contributed by atoms with Crippen LogP contribution in [-0.4, -0.2) is 57.2 Å². The molecular formula is C31H30FN5O5. The Morgan fingerprint density at radius 1 is 1.07 bits per heavy atom. The second-order valence-corrected chi connectivity index (χ2v) is 10.0. The lowest BCUT2D eigenvalue weighted by atomic mass is 10.1. The van der Waals surface area contributed by atoms with Crippen molar-refractivity contribution in [2.45, 2.75) is 39.0 Å². The maximum absolute atomic E-state index is 15.6. The van der Waals surface area contributed by atoms with E-state index in [0.29, 0.717) is 59.5 Å². The van der Waals surface area contributed by atoms with E-state index in [1.54, 1.807) is 43.2 Å². The third-order valence-corrected chi connectivity index (χ3v) is 7.17. The number of carbonyl (C=O) groups is 1. The van der Waals surface area contributed by atoms with Crippen LogP contribution in [0, 0.1) is 5.82 Å². The molecule has 3 aromatic carbocycles. The van der Waals surface area contributed by atoms with E-state index in [1.807, 2.05) is 34.9 Å². The largest absolute Gasteiger partial charge is 0.497 e. The first-order valence-corrected chi connectivity index (χ1v) is 13.7. The summed E-state index contributed by atoms with van der Waals surface area (Å²) in [7, 11) is 2.94. The standard InChI is InChI=1S/C31H30FN5O5/c1-19(31(38)40-3)42-23-15-26-28-27(16-23)41-13-5-4-12-37(28)30(34-26)21-8-11-24(25(32)14-21)29-33-18-36(35-29)17-20-6-9-22(39-2)10-7-20/h6-11,14-16,18-19H,4-5,12-13,17H2,1-3H3/t19-/m0/s1. The van der Waals surface area contributed by atoms with Crippen LogP contribution in [0.5, 0.6) is 17.2 Å². The molecule has 5 aromatic rings. The fourth-order valence-electron chi connectivity index (χ4n) is 5.04. The van der Waals surface area contributed by atoms with E-state index >= 15 is 4.39 Å². The number of imidazole rings is 1. The fraction of sp³-hybridized carbons (Fsp3) is 0.290. The zero-order chi connectivity index (χ0) is 29.2. The highest BCUT2D eigenvalue weighted by Crippen LogP contribution is 2.37. The van der Waals surface area contributed by atoms with E-state index in [4.69, 9.17) is 23.9 Å². The predicted molar refractivity (Wildman–Crippen MR) is 153 cm³/mol. The molecule has 11 heteroatoms. The molecule has 6 rings (SSSR count). The number of nitrogens with zero attached hydrogens (tertiary/aromatic N) is 5. The molecular weight excluding hydrogens is 541 g/mol. The van der Waals surface area contributed by atoms with Crippen LogP contribution < -0.4 is 14.2 Å². The molecule has 3 heterocycles. The van der Waals surface area contributed by atoms with Crippen molar-refractivity contribution in [3.8, 4) is 40.0 Å². The van der Waals surface area contributed by atoms with E-state index in [2.05, 4.69) is 10.1 Å². The number of aromatic nitrogens is 5. The van der Waals surface area contributed by atoms with E-state index in [1.165, 1.54) is 13.2 Å². The Kier molecular flexibility index (Phi) is 7.47. The van der Waals surface area contributed by atoms with Crippen molar-refractivity contribution in [3.63, 3.8) is 0 Å². The number of benzene rings is 3. The van der Waals surface area contributed by atoms with E-state index in [9.17, 15) is 4.79 Å². The van der Waals surface area contributed by atoms with Gasteiger partial charge < -0.3 is 23.5 Å². The van der Waals surface area contributed by atoms with Crippen LogP contribution in [0.1, 0.15) is 25.3 Å². The highest BCUT2D eigenvalue weighted by molar-refractivity contribution is 5.88. The molecule has 0 saturated carbocycles. The van der Waals surface area contributed by atoms with Crippen LogP contribution in [0.15, 0.2) is 60.9 Å². The van der Waals surface area contributed by atoms with Crippen molar-refractivity contribution in [3.05, 3.63) is 72.3 Å². The summed E-state index contributed by atoms with van der Waals surface area (Å²) in [5.74, 6) is 1.78. The van der Waals surface area contributed by atoms with Crippen molar-refractivity contribution in [1.82, 2.24) is 24.3 Å². The van der Waals surface area contributed by atoms with Gasteiger partial charge in [0, 0.05) is 24.2 Å². The van der Waals surface area contributed by atoms with Crippen LogP contribution in [-0.2, 0) is 22.6 Å². The van der Waals surface area contributed by atoms with Crippen molar-refractivity contribution in [2.75, 3.05) is 20.8 Å². The van der Waals surface area contributed by atoms with Gasteiger partial charge >= 0.3 is 5.97 Å². The minimum absolute atomic E-state index is 0.299. The summed E-state index contributed by atoms with van der Waals surface area (Å²) in [5, 5.41) is 4.50. The average Bonchev–Trinajstić information content (AvgIpc) is 3.60. The van der Waals surface area contributed by atoms with Gasteiger partial charge in [-0.15, -0.1) is 0 Å². The third kappa shape index (κ3) is 5.37. The maximum Gasteiger partial charge on any atom is 0.346 e. The molecule has 42 heavy (non-hydrogen) atoms. The van der Waals surface area contributed by atoms with Crippen LogP contribution in [0.2, 0.25) is 0 Å². The number of aryl methyl sites for hydroxylation is 1. The molecule has 0 unspecified atom stereocenters. The van der Waals surface area contributed by atoms with Gasteiger partial charge in [-0.3, -0.25) is 0 Å². The number of halogens is 1. The second-order valence-electron chi connectivity index (χ2n) is 10.0. The van der Waals surface area contributed by atoms with Gasteiger partial charge in [0.15, 0.2) is 11.9 Å². The quantitative estimate of drug-likeness (QED) is 0.232. The summed E-state index contributed by atoms with van der Waals surface area (Å²) in [6, 6.07) is 16.1. The highest BCUT2D eigenvalue weighted by atomic mass is 19.1. The fourth-order valence-corrected chi connectivity index (χ4v) is 5.04. The average molecular weight is 572 g/mol. The van der Waals surface area contributed by atoms with Gasteiger partial charge in [-0.25, -0.2) is 23.8 Å². The molecule has 0 N–H and O–H groups in total. The monoisotopic (exact) mass is 571 g/mol. The van der Waals surface area contributed by atoms with Crippen molar-refractivity contribution in [2.24, 2.45) is 0 Å². The third-order valence-electron chi connectivity index (χ3n) is 7.17. The number of hydrogen-bond acceptors (Lipinski definition) is 8. The summed E-state index contributed by atoms with van der Waals surface area (Å²) in [4.78, 5) is 21.1. The van der Waals surface area contributed by atoms with Gasteiger partial charge in [0.05, 0.1) is 38.5 Å². The molecule has 1 aliphatic heterocycles. The number of ether oxygens (including phenoxy) is 4. The topological polar surface area (TPSA) is 103 Å².